The standard InChI is InChI=1S/C25H28N4O2/c1-3-31-23-12-10-22(11-13-23)28-24(30)20-5-4-14-29(17-20)25-26-15-21(16-27-25)19-8-6-18(2)7-9-19/h6-13,15-16,20H,3-5,14,17H2,1-2H3,(H,28,30)/t20-/m1/s1. The lowest BCUT2D eigenvalue weighted by Crippen LogP contribution is -2.41. The monoisotopic (exact) mass is 416 g/mol. The average molecular weight is 417 g/mol. The highest BCUT2D eigenvalue weighted by molar-refractivity contribution is 5.93. The minimum absolute atomic E-state index is 0.0325. The van der Waals surface area contributed by atoms with Gasteiger partial charge in [-0.3, -0.25) is 4.79 Å². The molecule has 0 spiro atoms. The highest BCUT2D eigenvalue weighted by atomic mass is 16.5. The van der Waals surface area contributed by atoms with E-state index in [0.717, 1.165) is 42.0 Å². The van der Waals surface area contributed by atoms with Crippen LogP contribution in [0.25, 0.3) is 11.1 Å². The number of nitrogens with zero attached hydrogens (tertiary/aromatic N) is 3. The van der Waals surface area contributed by atoms with E-state index in [9.17, 15) is 4.79 Å². The number of anilines is 2. The SMILES string of the molecule is CCOc1ccc(NC(=O)[C@@H]2CCCN(c3ncc(-c4ccc(C)cc4)cn3)C2)cc1. The van der Waals surface area contributed by atoms with Crippen LogP contribution in [0, 0.1) is 12.8 Å². The number of benzene rings is 2. The zero-order valence-electron chi connectivity index (χ0n) is 18.0. The molecule has 160 valence electrons. The van der Waals surface area contributed by atoms with Gasteiger partial charge in [-0.05, 0) is 56.5 Å². The molecule has 1 fully saturated rings. The topological polar surface area (TPSA) is 67.3 Å². The van der Waals surface area contributed by atoms with Crippen molar-refractivity contribution in [1.82, 2.24) is 9.97 Å². The molecule has 0 unspecified atom stereocenters. The van der Waals surface area contributed by atoms with E-state index in [2.05, 4.69) is 51.4 Å². The molecule has 1 amide bonds. The number of hydrogen-bond donors (Lipinski definition) is 1. The summed E-state index contributed by atoms with van der Waals surface area (Å²) in [6.45, 7) is 6.12. The summed E-state index contributed by atoms with van der Waals surface area (Å²) in [4.78, 5) is 24.1. The second kappa shape index (κ2) is 9.60. The molecule has 31 heavy (non-hydrogen) atoms. The smallest absolute Gasteiger partial charge is 0.229 e. The first-order valence-electron chi connectivity index (χ1n) is 10.8. The molecule has 1 aliphatic rings. The lowest BCUT2D eigenvalue weighted by Gasteiger charge is -2.32. The summed E-state index contributed by atoms with van der Waals surface area (Å²) < 4.78 is 5.45. The summed E-state index contributed by atoms with van der Waals surface area (Å²) in [6, 6.07) is 15.8. The van der Waals surface area contributed by atoms with E-state index in [-0.39, 0.29) is 11.8 Å². The van der Waals surface area contributed by atoms with E-state index in [0.29, 0.717) is 19.1 Å². The van der Waals surface area contributed by atoms with Crippen LogP contribution in [0.1, 0.15) is 25.3 Å². The number of rotatable bonds is 6. The van der Waals surface area contributed by atoms with Gasteiger partial charge in [0, 0.05) is 36.7 Å². The lowest BCUT2D eigenvalue weighted by atomic mass is 9.97. The van der Waals surface area contributed by atoms with Gasteiger partial charge in [0.2, 0.25) is 11.9 Å². The van der Waals surface area contributed by atoms with Crippen molar-refractivity contribution in [2.75, 3.05) is 29.9 Å². The summed E-state index contributed by atoms with van der Waals surface area (Å²) in [6.07, 6.45) is 5.51. The minimum atomic E-state index is -0.0966. The van der Waals surface area contributed by atoms with Crippen molar-refractivity contribution in [3.63, 3.8) is 0 Å². The Kier molecular flexibility index (Phi) is 6.46. The van der Waals surface area contributed by atoms with Crippen LogP contribution in [0.3, 0.4) is 0 Å². The Morgan fingerprint density at radius 2 is 1.77 bits per heavy atom. The number of aryl methyl sites for hydroxylation is 1. The van der Waals surface area contributed by atoms with Crippen molar-refractivity contribution >= 4 is 17.5 Å². The molecule has 0 radical (unpaired) electrons. The fourth-order valence-corrected chi connectivity index (χ4v) is 3.80. The lowest BCUT2D eigenvalue weighted by molar-refractivity contribution is -0.120. The van der Waals surface area contributed by atoms with Crippen molar-refractivity contribution in [2.24, 2.45) is 5.92 Å². The third kappa shape index (κ3) is 5.20. The zero-order chi connectivity index (χ0) is 21.6. The highest BCUT2D eigenvalue weighted by Gasteiger charge is 2.27. The van der Waals surface area contributed by atoms with Gasteiger partial charge >= 0.3 is 0 Å². The number of nitrogens with one attached hydrogen (secondary N) is 1. The molecular formula is C25H28N4O2. The van der Waals surface area contributed by atoms with Gasteiger partial charge in [-0.1, -0.05) is 29.8 Å². The van der Waals surface area contributed by atoms with Crippen molar-refractivity contribution in [3.05, 3.63) is 66.5 Å². The normalized spacial score (nSPS) is 16.1. The second-order valence-corrected chi connectivity index (χ2v) is 7.87. The molecule has 6 heteroatoms. The van der Waals surface area contributed by atoms with E-state index in [1.807, 2.05) is 43.6 Å². The summed E-state index contributed by atoms with van der Waals surface area (Å²) in [5.41, 5.74) is 4.10. The molecule has 0 bridgehead atoms. The minimum Gasteiger partial charge on any atom is -0.494 e. The quantitative estimate of drug-likeness (QED) is 0.631. The number of amides is 1. The number of carbonyl (C=O) groups is 1. The fraction of sp³-hybridized carbons (Fsp3) is 0.320. The Balaban J connectivity index is 1.38. The summed E-state index contributed by atoms with van der Waals surface area (Å²) in [5.74, 6) is 1.41. The number of carbonyl (C=O) groups excluding carboxylic acids is 1. The van der Waals surface area contributed by atoms with Crippen LogP contribution < -0.4 is 15.0 Å². The molecule has 1 atom stereocenters. The molecule has 3 aromatic rings. The molecule has 6 nitrogen and oxygen atoms in total. The van der Waals surface area contributed by atoms with Gasteiger partial charge in [0.15, 0.2) is 0 Å². The highest BCUT2D eigenvalue weighted by Crippen LogP contribution is 2.24. The summed E-state index contributed by atoms with van der Waals surface area (Å²) in [7, 11) is 0. The number of hydrogen-bond acceptors (Lipinski definition) is 5. The Morgan fingerprint density at radius 1 is 1.06 bits per heavy atom. The van der Waals surface area contributed by atoms with Gasteiger partial charge in [-0.25, -0.2) is 9.97 Å². The molecule has 0 aliphatic carbocycles. The number of piperidine rings is 1. The van der Waals surface area contributed by atoms with E-state index in [1.165, 1.54) is 5.56 Å². The molecule has 4 rings (SSSR count). The van der Waals surface area contributed by atoms with Gasteiger partial charge < -0.3 is 15.0 Å². The zero-order valence-corrected chi connectivity index (χ0v) is 18.0. The van der Waals surface area contributed by atoms with Crippen LogP contribution in [0.2, 0.25) is 0 Å². The van der Waals surface area contributed by atoms with Crippen LogP contribution in [0.4, 0.5) is 11.6 Å². The molecule has 0 saturated carbocycles. The molecule has 2 aromatic carbocycles. The van der Waals surface area contributed by atoms with Gasteiger partial charge in [-0.15, -0.1) is 0 Å². The largest absolute Gasteiger partial charge is 0.494 e. The Labute approximate surface area is 183 Å². The third-order valence-electron chi connectivity index (χ3n) is 5.53. The van der Waals surface area contributed by atoms with Crippen LogP contribution in [0.5, 0.6) is 5.75 Å². The van der Waals surface area contributed by atoms with Crippen LogP contribution in [0.15, 0.2) is 60.9 Å². The Morgan fingerprint density at radius 3 is 2.45 bits per heavy atom. The second-order valence-electron chi connectivity index (χ2n) is 7.87. The number of ether oxygens (including phenoxy) is 1. The van der Waals surface area contributed by atoms with E-state index in [1.54, 1.807) is 0 Å². The van der Waals surface area contributed by atoms with E-state index < -0.39 is 0 Å². The van der Waals surface area contributed by atoms with E-state index in [4.69, 9.17) is 4.74 Å². The first kappa shape index (κ1) is 20.8. The van der Waals surface area contributed by atoms with Crippen LogP contribution in [-0.4, -0.2) is 35.6 Å². The van der Waals surface area contributed by atoms with Gasteiger partial charge in [0.05, 0.1) is 12.5 Å². The van der Waals surface area contributed by atoms with Crippen molar-refractivity contribution < 1.29 is 9.53 Å². The summed E-state index contributed by atoms with van der Waals surface area (Å²) in [5, 5.41) is 3.03. The summed E-state index contributed by atoms with van der Waals surface area (Å²) >= 11 is 0. The maximum absolute atomic E-state index is 12.8. The van der Waals surface area contributed by atoms with Gasteiger partial charge in [-0.2, -0.15) is 0 Å². The fourth-order valence-electron chi connectivity index (χ4n) is 3.80. The average Bonchev–Trinajstić information content (AvgIpc) is 2.81. The molecule has 1 N–H and O–H groups in total. The molecule has 1 aromatic heterocycles. The molecule has 2 heterocycles. The molecule has 1 aliphatic heterocycles. The van der Waals surface area contributed by atoms with Crippen LogP contribution >= 0.6 is 0 Å². The maximum atomic E-state index is 12.8. The Bertz CT molecular complexity index is 1000. The predicted molar refractivity (Wildman–Crippen MR) is 123 cm³/mol. The number of aromatic nitrogens is 2. The molecule has 1 saturated heterocycles. The Hall–Kier alpha value is -3.41. The third-order valence-corrected chi connectivity index (χ3v) is 5.53. The maximum Gasteiger partial charge on any atom is 0.229 e. The van der Waals surface area contributed by atoms with E-state index >= 15 is 0 Å². The van der Waals surface area contributed by atoms with Crippen LogP contribution in [-0.2, 0) is 4.79 Å². The van der Waals surface area contributed by atoms with Gasteiger partial charge in [0.25, 0.3) is 0 Å². The van der Waals surface area contributed by atoms with Crippen molar-refractivity contribution in [2.45, 2.75) is 26.7 Å². The first-order valence-corrected chi connectivity index (χ1v) is 10.8. The first-order chi connectivity index (χ1) is 15.1. The van der Waals surface area contributed by atoms with Gasteiger partial charge in [0.1, 0.15) is 5.75 Å². The van der Waals surface area contributed by atoms with Crippen molar-refractivity contribution in [3.8, 4) is 16.9 Å². The molecular weight excluding hydrogens is 388 g/mol. The van der Waals surface area contributed by atoms with Crippen molar-refractivity contribution in [1.29, 1.82) is 0 Å². The predicted octanol–water partition coefficient (Wildman–Crippen LogP) is 4.71.